The van der Waals surface area contributed by atoms with Gasteiger partial charge in [0.15, 0.2) is 0 Å². The van der Waals surface area contributed by atoms with E-state index in [4.69, 9.17) is 20.5 Å². The first kappa shape index (κ1) is 26.7. The van der Waals surface area contributed by atoms with Crippen LogP contribution in [-0.2, 0) is 25.5 Å². The molecule has 3 amide bonds. The maximum absolute atomic E-state index is 13.4. The zero-order chi connectivity index (χ0) is 26.3. The lowest BCUT2D eigenvalue weighted by Crippen LogP contribution is -2.64. The molecule has 1 aliphatic rings. The number of carbonyl (C=O) groups is 3. The summed E-state index contributed by atoms with van der Waals surface area (Å²) in [5, 5.41) is 14.4. The molecule has 1 heterocycles. The zero-order valence-electron chi connectivity index (χ0n) is 20.8. The number of alkyl carbamates (subject to hydrolysis) is 1. The molecule has 1 atom stereocenters. The number of rotatable bonds is 7. The second-order valence-corrected chi connectivity index (χ2v) is 9.84. The van der Waals surface area contributed by atoms with Gasteiger partial charge >= 0.3 is 6.09 Å². The third-order valence-electron chi connectivity index (χ3n) is 5.91. The highest BCUT2D eigenvalue weighted by Gasteiger charge is 2.43. The molecule has 9 nitrogen and oxygen atoms in total. The van der Waals surface area contributed by atoms with Crippen molar-refractivity contribution in [2.45, 2.75) is 57.2 Å². The van der Waals surface area contributed by atoms with Crippen molar-refractivity contribution < 1.29 is 23.9 Å². The number of benzene rings is 2. The van der Waals surface area contributed by atoms with E-state index < -0.39 is 35.1 Å². The van der Waals surface area contributed by atoms with Gasteiger partial charge in [0.05, 0.1) is 11.6 Å². The third-order valence-corrected chi connectivity index (χ3v) is 5.91. The van der Waals surface area contributed by atoms with Gasteiger partial charge in [-0.3, -0.25) is 9.59 Å². The van der Waals surface area contributed by atoms with E-state index in [0.717, 1.165) is 16.7 Å². The molecule has 0 aromatic heterocycles. The number of ether oxygens (including phenoxy) is 2. The van der Waals surface area contributed by atoms with Crippen LogP contribution in [-0.4, -0.2) is 48.3 Å². The van der Waals surface area contributed by atoms with Crippen LogP contribution in [0.4, 0.5) is 4.79 Å². The number of carbonyl (C=O) groups excluding carboxylic acids is 3. The van der Waals surface area contributed by atoms with E-state index in [-0.39, 0.29) is 32.5 Å². The van der Waals surface area contributed by atoms with Gasteiger partial charge in [0, 0.05) is 32.5 Å². The number of hydrogen-bond donors (Lipinski definition) is 3. The molecule has 3 rings (SSSR count). The lowest BCUT2D eigenvalue weighted by Gasteiger charge is -2.37. The summed E-state index contributed by atoms with van der Waals surface area (Å²) in [4.78, 5) is 38.0. The monoisotopic (exact) mass is 494 g/mol. The molecule has 0 bridgehead atoms. The van der Waals surface area contributed by atoms with Crippen molar-refractivity contribution >= 4 is 17.9 Å². The standard InChI is InChI=1S/C27H32N4O5/c1-26(2,3)36-25(34)31-27(12-14-35-15-13-27)24(33)30-22(23(29)32)16-18-4-8-20(9-5-18)21-10-6-19(17-28)7-11-21/h4-11,22H,12-16H2,1-3H3,(H2,29,32)(H,30,33)(H,31,34)/t22-/m0/s1/i17+2. The molecule has 0 saturated carbocycles. The van der Waals surface area contributed by atoms with Crippen molar-refractivity contribution in [3.8, 4) is 17.2 Å². The van der Waals surface area contributed by atoms with Crippen LogP contribution in [0.5, 0.6) is 0 Å². The minimum Gasteiger partial charge on any atom is -0.444 e. The van der Waals surface area contributed by atoms with E-state index >= 15 is 0 Å². The first-order valence-electron chi connectivity index (χ1n) is 11.8. The Labute approximate surface area is 211 Å². The first-order chi connectivity index (χ1) is 17.0. The molecule has 4 N–H and O–H groups in total. The minimum atomic E-state index is -1.27. The van der Waals surface area contributed by atoms with Gasteiger partial charge in [-0.25, -0.2) is 4.79 Å². The summed E-state index contributed by atoms with van der Waals surface area (Å²) in [6, 6.07) is 15.9. The van der Waals surface area contributed by atoms with Crippen LogP contribution < -0.4 is 16.4 Å². The number of primary amides is 1. The summed E-state index contributed by atoms with van der Waals surface area (Å²) in [7, 11) is 0. The number of nitrogens with one attached hydrogen (secondary N) is 2. The molecule has 9 heteroatoms. The fourth-order valence-electron chi connectivity index (χ4n) is 3.95. The third kappa shape index (κ3) is 7.06. The van der Waals surface area contributed by atoms with E-state index in [1.807, 2.05) is 36.4 Å². The van der Waals surface area contributed by atoms with Crippen LogP contribution >= 0.6 is 0 Å². The van der Waals surface area contributed by atoms with Crippen molar-refractivity contribution in [3.63, 3.8) is 0 Å². The lowest BCUT2D eigenvalue weighted by atomic mass is 9.88. The SMILES string of the molecule is CC(C)(C)OC(=O)NC1(C(=O)N[C@@H](Cc2ccc(-c3ccc([14C]#N)cc3)cc2)C(N)=O)CCOCC1. The summed E-state index contributed by atoms with van der Waals surface area (Å²) < 4.78 is 10.7. The average Bonchev–Trinajstić information content (AvgIpc) is 2.83. The molecular formula is C27H32N4O5. The number of nitrogens with two attached hydrogens (primary N) is 1. The Morgan fingerprint density at radius 1 is 1.06 bits per heavy atom. The molecule has 2 aromatic carbocycles. The Balaban J connectivity index is 1.72. The van der Waals surface area contributed by atoms with Crippen molar-refractivity contribution in [3.05, 3.63) is 59.7 Å². The number of nitrogens with zero attached hydrogens (tertiary/aromatic N) is 1. The number of nitriles is 1. The van der Waals surface area contributed by atoms with Gasteiger partial charge in [-0.05, 0) is 49.6 Å². The van der Waals surface area contributed by atoms with Gasteiger partial charge < -0.3 is 25.8 Å². The molecule has 1 saturated heterocycles. The maximum Gasteiger partial charge on any atom is 0.408 e. The number of hydrogen-bond acceptors (Lipinski definition) is 6. The molecule has 1 aliphatic heterocycles. The number of amides is 3. The van der Waals surface area contributed by atoms with Crippen LogP contribution in [0.1, 0.15) is 44.7 Å². The van der Waals surface area contributed by atoms with Crippen LogP contribution in [0, 0.1) is 11.3 Å². The molecule has 36 heavy (non-hydrogen) atoms. The largest absolute Gasteiger partial charge is 0.444 e. The van der Waals surface area contributed by atoms with Crippen LogP contribution in [0.15, 0.2) is 48.5 Å². The second-order valence-electron chi connectivity index (χ2n) is 9.84. The topological polar surface area (TPSA) is 144 Å². The minimum absolute atomic E-state index is 0.188. The fraction of sp³-hybridized carbons (Fsp3) is 0.407. The summed E-state index contributed by atoms with van der Waals surface area (Å²) in [6.45, 7) is 5.76. The summed E-state index contributed by atoms with van der Waals surface area (Å²) in [5.74, 6) is -1.19. The van der Waals surface area contributed by atoms with Crippen LogP contribution in [0.2, 0.25) is 0 Å². The van der Waals surface area contributed by atoms with Gasteiger partial charge in [-0.2, -0.15) is 5.26 Å². The van der Waals surface area contributed by atoms with Gasteiger partial charge in [-0.15, -0.1) is 0 Å². The molecule has 0 unspecified atom stereocenters. The molecule has 1 fully saturated rings. The Morgan fingerprint density at radius 2 is 1.61 bits per heavy atom. The molecule has 2 aromatic rings. The molecular weight excluding hydrogens is 462 g/mol. The fourth-order valence-corrected chi connectivity index (χ4v) is 3.95. The highest BCUT2D eigenvalue weighted by molar-refractivity contribution is 5.94. The van der Waals surface area contributed by atoms with Crippen molar-refractivity contribution in [2.75, 3.05) is 13.2 Å². The van der Waals surface area contributed by atoms with Gasteiger partial charge in [0.25, 0.3) is 0 Å². The zero-order valence-corrected chi connectivity index (χ0v) is 20.8. The Kier molecular flexibility index (Phi) is 8.33. The van der Waals surface area contributed by atoms with E-state index in [9.17, 15) is 14.4 Å². The van der Waals surface area contributed by atoms with Crippen LogP contribution in [0.3, 0.4) is 0 Å². The van der Waals surface area contributed by atoms with E-state index in [0.29, 0.717) is 5.56 Å². The second kappa shape index (κ2) is 11.2. The van der Waals surface area contributed by atoms with E-state index in [1.54, 1.807) is 32.9 Å². The average molecular weight is 495 g/mol. The van der Waals surface area contributed by atoms with E-state index in [1.165, 1.54) is 0 Å². The predicted octanol–water partition coefficient (Wildman–Crippen LogP) is 2.81. The molecule has 0 radical (unpaired) electrons. The quantitative estimate of drug-likeness (QED) is 0.540. The maximum atomic E-state index is 13.4. The Bertz CT molecular complexity index is 1120. The van der Waals surface area contributed by atoms with E-state index in [2.05, 4.69) is 16.7 Å². The van der Waals surface area contributed by atoms with Gasteiger partial charge in [0.2, 0.25) is 11.8 Å². The lowest BCUT2D eigenvalue weighted by molar-refractivity contribution is -0.135. The molecule has 0 spiro atoms. The normalized spacial score (nSPS) is 15.7. The molecule has 0 aliphatic carbocycles. The highest BCUT2D eigenvalue weighted by Crippen LogP contribution is 2.24. The molecule has 190 valence electrons. The first-order valence-corrected chi connectivity index (χ1v) is 11.8. The summed E-state index contributed by atoms with van der Waals surface area (Å²) >= 11 is 0. The van der Waals surface area contributed by atoms with Gasteiger partial charge in [0.1, 0.15) is 17.2 Å². The summed E-state index contributed by atoms with van der Waals surface area (Å²) in [5.41, 5.74) is 6.91. The van der Waals surface area contributed by atoms with Crippen molar-refractivity contribution in [2.24, 2.45) is 5.73 Å². The van der Waals surface area contributed by atoms with Gasteiger partial charge in [-0.1, -0.05) is 36.4 Å². The van der Waals surface area contributed by atoms with Crippen molar-refractivity contribution in [1.82, 2.24) is 10.6 Å². The predicted molar refractivity (Wildman–Crippen MR) is 134 cm³/mol. The Morgan fingerprint density at radius 3 is 2.11 bits per heavy atom. The van der Waals surface area contributed by atoms with Crippen LogP contribution in [0.25, 0.3) is 11.1 Å². The summed E-state index contributed by atoms with van der Waals surface area (Å²) in [6.07, 6.45) is -0.0482. The van der Waals surface area contributed by atoms with Crippen molar-refractivity contribution in [1.29, 1.82) is 5.26 Å². The Hall–Kier alpha value is -3.90. The smallest absolute Gasteiger partial charge is 0.408 e. The highest BCUT2D eigenvalue weighted by atomic mass is 16.6.